The molecule has 0 fully saturated rings. The summed E-state index contributed by atoms with van der Waals surface area (Å²) in [5.41, 5.74) is 0.460. The number of esters is 1. The number of hydrogen-bond acceptors (Lipinski definition) is 6. The first kappa shape index (κ1) is 23.1. The molecule has 0 saturated heterocycles. The van der Waals surface area contributed by atoms with Crippen molar-refractivity contribution < 1.29 is 28.2 Å². The number of ether oxygens (including phenoxy) is 3. The topological polar surface area (TPSA) is 91.7 Å². The van der Waals surface area contributed by atoms with Crippen molar-refractivity contribution in [3.63, 3.8) is 0 Å². The highest BCUT2D eigenvalue weighted by Gasteiger charge is 2.25. The van der Waals surface area contributed by atoms with Gasteiger partial charge in [0.15, 0.2) is 11.6 Å². The Kier molecular flexibility index (Phi) is 6.67. The molecule has 8 nitrogen and oxygen atoms in total. The molecule has 32 heavy (non-hydrogen) atoms. The standard InChI is InChI=1S/C23H26FN3O5/c1-23(2,3)32-22(29)26-17(21(28)30-5)13-14-6-7-19(16(24)12-14)31-18-8-10-25-20-15(18)9-11-27(20)4/h6-12,17H,13H2,1-5H3,(H,26,29)/t17-/m0/s1. The Morgan fingerprint density at radius 3 is 2.59 bits per heavy atom. The van der Waals surface area contributed by atoms with Crippen LogP contribution in [0.15, 0.2) is 42.7 Å². The Hall–Kier alpha value is -3.62. The Balaban J connectivity index is 1.76. The highest BCUT2D eigenvalue weighted by atomic mass is 19.1. The summed E-state index contributed by atoms with van der Waals surface area (Å²) in [5.74, 6) is -0.773. The maximum absolute atomic E-state index is 14.8. The third-order valence-corrected chi connectivity index (χ3v) is 4.56. The first-order valence-electron chi connectivity index (χ1n) is 10.0. The predicted molar refractivity (Wildman–Crippen MR) is 116 cm³/mol. The second kappa shape index (κ2) is 9.25. The highest BCUT2D eigenvalue weighted by molar-refractivity contribution is 5.83. The van der Waals surface area contributed by atoms with Crippen LogP contribution >= 0.6 is 0 Å². The second-order valence-electron chi connectivity index (χ2n) is 8.27. The van der Waals surface area contributed by atoms with Crippen molar-refractivity contribution in [2.75, 3.05) is 7.11 Å². The van der Waals surface area contributed by atoms with Crippen molar-refractivity contribution in [3.8, 4) is 11.5 Å². The number of aromatic nitrogens is 2. The van der Waals surface area contributed by atoms with E-state index in [9.17, 15) is 14.0 Å². The Morgan fingerprint density at radius 1 is 1.19 bits per heavy atom. The van der Waals surface area contributed by atoms with E-state index < -0.39 is 29.5 Å². The van der Waals surface area contributed by atoms with Crippen molar-refractivity contribution >= 4 is 23.1 Å². The quantitative estimate of drug-likeness (QED) is 0.577. The largest absolute Gasteiger partial charge is 0.467 e. The van der Waals surface area contributed by atoms with E-state index in [1.165, 1.54) is 19.2 Å². The Morgan fingerprint density at radius 2 is 1.94 bits per heavy atom. The molecule has 9 heteroatoms. The van der Waals surface area contributed by atoms with Crippen LogP contribution in [0.1, 0.15) is 26.3 Å². The van der Waals surface area contributed by atoms with Crippen LogP contribution in [0.2, 0.25) is 0 Å². The van der Waals surface area contributed by atoms with Gasteiger partial charge in [-0.3, -0.25) is 0 Å². The number of fused-ring (bicyclic) bond motifs is 1. The van der Waals surface area contributed by atoms with E-state index >= 15 is 0 Å². The number of pyridine rings is 1. The van der Waals surface area contributed by atoms with E-state index in [-0.39, 0.29) is 12.2 Å². The Bertz CT molecular complexity index is 1140. The molecule has 3 rings (SSSR count). The minimum absolute atomic E-state index is 0.0152. The van der Waals surface area contributed by atoms with Gasteiger partial charge in [-0.1, -0.05) is 6.07 Å². The third kappa shape index (κ3) is 5.54. The fourth-order valence-corrected chi connectivity index (χ4v) is 3.12. The molecular weight excluding hydrogens is 417 g/mol. The number of alkyl carbamates (subject to hydrolysis) is 1. The summed E-state index contributed by atoms with van der Waals surface area (Å²) in [6, 6.07) is 6.81. The molecule has 0 aliphatic rings. The van der Waals surface area contributed by atoms with Gasteiger partial charge in [-0.2, -0.15) is 0 Å². The number of carbonyl (C=O) groups is 2. The molecule has 0 saturated carbocycles. The summed E-state index contributed by atoms with van der Waals surface area (Å²) >= 11 is 0. The van der Waals surface area contributed by atoms with Crippen molar-refractivity contribution in [2.24, 2.45) is 7.05 Å². The summed E-state index contributed by atoms with van der Waals surface area (Å²) in [4.78, 5) is 28.5. The summed E-state index contributed by atoms with van der Waals surface area (Å²) < 4.78 is 32.3. The molecule has 2 aromatic heterocycles. The number of benzene rings is 1. The highest BCUT2D eigenvalue weighted by Crippen LogP contribution is 2.31. The molecule has 3 aromatic rings. The van der Waals surface area contributed by atoms with Crippen LogP contribution in [0.25, 0.3) is 11.0 Å². The normalized spacial score (nSPS) is 12.3. The molecule has 1 atom stereocenters. The SMILES string of the molecule is COC(=O)[C@H](Cc1ccc(Oc2ccnc3c2ccn3C)c(F)c1)NC(=O)OC(C)(C)C. The van der Waals surface area contributed by atoms with E-state index in [1.807, 2.05) is 23.9 Å². The molecule has 0 aliphatic heterocycles. The predicted octanol–water partition coefficient (Wildman–Crippen LogP) is 4.11. The van der Waals surface area contributed by atoms with Crippen molar-refractivity contribution in [1.82, 2.24) is 14.9 Å². The van der Waals surface area contributed by atoms with Gasteiger partial charge in [-0.15, -0.1) is 0 Å². The molecule has 0 aliphatic carbocycles. The minimum Gasteiger partial charge on any atom is -0.467 e. The molecule has 1 N–H and O–H groups in total. The lowest BCUT2D eigenvalue weighted by atomic mass is 10.1. The number of nitrogens with one attached hydrogen (secondary N) is 1. The van der Waals surface area contributed by atoms with Gasteiger partial charge in [0.05, 0.1) is 12.5 Å². The summed E-state index contributed by atoms with van der Waals surface area (Å²) in [5, 5.41) is 3.23. The number of hydrogen-bond donors (Lipinski definition) is 1. The summed E-state index contributed by atoms with van der Waals surface area (Å²) in [6.45, 7) is 5.12. The number of carbonyl (C=O) groups excluding carboxylic acids is 2. The lowest BCUT2D eigenvalue weighted by molar-refractivity contribution is -0.143. The first-order chi connectivity index (χ1) is 15.1. The van der Waals surface area contributed by atoms with Gasteiger partial charge in [0.1, 0.15) is 23.0 Å². The van der Waals surface area contributed by atoms with Gasteiger partial charge in [0.25, 0.3) is 0 Å². The molecule has 0 radical (unpaired) electrons. The van der Waals surface area contributed by atoms with Crippen LogP contribution in [0, 0.1) is 5.82 Å². The van der Waals surface area contributed by atoms with Crippen LogP contribution in [-0.2, 0) is 27.7 Å². The molecule has 1 amide bonds. The van der Waals surface area contributed by atoms with Gasteiger partial charge in [0.2, 0.25) is 0 Å². The molecule has 170 valence electrons. The van der Waals surface area contributed by atoms with Crippen LogP contribution in [0.3, 0.4) is 0 Å². The third-order valence-electron chi connectivity index (χ3n) is 4.56. The average molecular weight is 443 g/mol. The van der Waals surface area contributed by atoms with Crippen molar-refractivity contribution in [3.05, 3.63) is 54.1 Å². The molecule has 0 spiro atoms. The number of aryl methyl sites for hydroxylation is 1. The van der Waals surface area contributed by atoms with Crippen molar-refractivity contribution in [1.29, 1.82) is 0 Å². The van der Waals surface area contributed by atoms with Gasteiger partial charge in [-0.25, -0.2) is 19.0 Å². The number of nitrogens with zero attached hydrogens (tertiary/aromatic N) is 2. The van der Waals surface area contributed by atoms with Crippen molar-refractivity contribution in [2.45, 2.75) is 38.8 Å². The maximum atomic E-state index is 14.8. The van der Waals surface area contributed by atoms with Crippen LogP contribution in [-0.4, -0.2) is 40.4 Å². The number of halogens is 1. The monoisotopic (exact) mass is 443 g/mol. The number of rotatable bonds is 6. The minimum atomic E-state index is -1.04. The van der Waals surface area contributed by atoms with Crippen LogP contribution in [0.4, 0.5) is 9.18 Å². The molecular formula is C23H26FN3O5. The summed E-state index contributed by atoms with van der Waals surface area (Å²) in [7, 11) is 3.07. The Labute approximate surface area is 185 Å². The zero-order valence-electron chi connectivity index (χ0n) is 18.6. The number of amides is 1. The molecule has 1 aromatic carbocycles. The van der Waals surface area contributed by atoms with E-state index in [4.69, 9.17) is 14.2 Å². The van der Waals surface area contributed by atoms with E-state index in [0.29, 0.717) is 17.0 Å². The van der Waals surface area contributed by atoms with E-state index in [2.05, 4.69) is 10.3 Å². The first-order valence-corrected chi connectivity index (χ1v) is 10.0. The zero-order chi connectivity index (χ0) is 23.5. The second-order valence-corrected chi connectivity index (χ2v) is 8.27. The van der Waals surface area contributed by atoms with Gasteiger partial charge >= 0.3 is 12.1 Å². The summed E-state index contributed by atoms with van der Waals surface area (Å²) in [6.07, 6.45) is 2.68. The van der Waals surface area contributed by atoms with Gasteiger partial charge in [0, 0.05) is 25.9 Å². The van der Waals surface area contributed by atoms with E-state index in [1.54, 1.807) is 39.1 Å². The van der Waals surface area contributed by atoms with Crippen LogP contribution < -0.4 is 10.1 Å². The lowest BCUT2D eigenvalue weighted by Crippen LogP contribution is -2.45. The smallest absolute Gasteiger partial charge is 0.408 e. The van der Waals surface area contributed by atoms with Crippen LogP contribution in [0.5, 0.6) is 11.5 Å². The lowest BCUT2D eigenvalue weighted by Gasteiger charge is -2.22. The number of methoxy groups -OCH3 is 1. The zero-order valence-corrected chi connectivity index (χ0v) is 18.6. The van der Waals surface area contributed by atoms with Gasteiger partial charge in [-0.05, 0) is 50.6 Å². The van der Waals surface area contributed by atoms with E-state index in [0.717, 1.165) is 5.39 Å². The maximum Gasteiger partial charge on any atom is 0.408 e. The average Bonchev–Trinajstić information content (AvgIpc) is 3.09. The molecule has 0 bridgehead atoms. The molecule has 2 heterocycles. The fourth-order valence-electron chi connectivity index (χ4n) is 3.12. The fraction of sp³-hybridized carbons (Fsp3) is 0.348. The van der Waals surface area contributed by atoms with Gasteiger partial charge < -0.3 is 24.1 Å². The molecule has 0 unspecified atom stereocenters.